The summed E-state index contributed by atoms with van der Waals surface area (Å²) in [5, 5.41) is 4.62. The van der Waals surface area contributed by atoms with Crippen molar-refractivity contribution in [3.63, 3.8) is 0 Å². The molecule has 1 aromatic carbocycles. The first-order valence-corrected chi connectivity index (χ1v) is 8.59. The van der Waals surface area contributed by atoms with Crippen molar-refractivity contribution in [1.29, 1.82) is 0 Å². The highest BCUT2D eigenvalue weighted by Gasteiger charge is 2.22. The van der Waals surface area contributed by atoms with Gasteiger partial charge >= 0.3 is 0 Å². The Hall–Kier alpha value is -2.80. The average molecular weight is 354 g/mol. The van der Waals surface area contributed by atoms with Crippen molar-refractivity contribution >= 4 is 17.7 Å². The van der Waals surface area contributed by atoms with E-state index in [1.165, 1.54) is 16.7 Å². The maximum absolute atomic E-state index is 13.0. The minimum Gasteiger partial charge on any atom is -0.381 e. The molecular formula is C19H19FN4O2. The van der Waals surface area contributed by atoms with Crippen LogP contribution in [0.25, 0.3) is 17.7 Å². The van der Waals surface area contributed by atoms with Gasteiger partial charge in [-0.1, -0.05) is 18.2 Å². The molecule has 0 bridgehead atoms. The van der Waals surface area contributed by atoms with Crippen molar-refractivity contribution in [2.24, 2.45) is 7.05 Å². The fourth-order valence-corrected chi connectivity index (χ4v) is 3.18. The van der Waals surface area contributed by atoms with Gasteiger partial charge in [0.05, 0.1) is 6.20 Å². The molecule has 0 aliphatic carbocycles. The fourth-order valence-electron chi connectivity index (χ4n) is 3.18. The number of halogens is 1. The second-order valence-corrected chi connectivity index (χ2v) is 6.41. The molecule has 3 aromatic rings. The van der Waals surface area contributed by atoms with E-state index in [0.29, 0.717) is 24.6 Å². The summed E-state index contributed by atoms with van der Waals surface area (Å²) in [4.78, 5) is 17.1. The molecule has 26 heavy (non-hydrogen) atoms. The standard InChI is InChI=1S/C19H19FN4O2/c1-23-17(7-4-13-2-5-15(20)6-3-13)22-24-16(19(23)25)12-21-18(24)14-8-10-26-11-9-14/h2-7,12,14H,8-11H2,1H3. The van der Waals surface area contributed by atoms with Crippen LogP contribution in [0.5, 0.6) is 0 Å². The van der Waals surface area contributed by atoms with E-state index in [1.807, 2.05) is 0 Å². The molecule has 0 unspecified atom stereocenters. The summed E-state index contributed by atoms with van der Waals surface area (Å²) in [6.45, 7) is 1.39. The van der Waals surface area contributed by atoms with Crippen molar-refractivity contribution < 1.29 is 9.13 Å². The van der Waals surface area contributed by atoms with Gasteiger partial charge in [0.2, 0.25) is 0 Å². The van der Waals surface area contributed by atoms with E-state index in [-0.39, 0.29) is 17.3 Å². The van der Waals surface area contributed by atoms with Crippen LogP contribution in [-0.4, -0.2) is 32.4 Å². The third-order valence-corrected chi connectivity index (χ3v) is 4.72. The first-order chi connectivity index (χ1) is 12.6. The Labute approximate surface area is 149 Å². The normalized spacial score (nSPS) is 15.9. The molecule has 1 saturated heterocycles. The van der Waals surface area contributed by atoms with Crippen LogP contribution >= 0.6 is 0 Å². The Balaban J connectivity index is 1.75. The highest BCUT2D eigenvalue weighted by Crippen LogP contribution is 2.25. The summed E-state index contributed by atoms with van der Waals surface area (Å²) in [7, 11) is 1.68. The molecule has 0 spiro atoms. The highest BCUT2D eigenvalue weighted by atomic mass is 19.1. The van der Waals surface area contributed by atoms with Gasteiger partial charge < -0.3 is 4.74 Å². The predicted octanol–water partition coefficient (Wildman–Crippen LogP) is 2.63. The average Bonchev–Trinajstić information content (AvgIpc) is 3.09. The molecule has 4 rings (SSSR count). The lowest BCUT2D eigenvalue weighted by atomic mass is 10.00. The topological polar surface area (TPSA) is 61.4 Å². The van der Waals surface area contributed by atoms with Crippen LogP contribution in [-0.2, 0) is 11.8 Å². The highest BCUT2D eigenvalue weighted by molar-refractivity contribution is 5.66. The van der Waals surface area contributed by atoms with Crippen molar-refractivity contribution in [3.05, 3.63) is 63.8 Å². The number of rotatable bonds is 3. The molecule has 1 fully saturated rings. The first kappa shape index (κ1) is 16.7. The van der Waals surface area contributed by atoms with Crippen LogP contribution in [0.1, 0.15) is 36.0 Å². The number of nitrogens with zero attached hydrogens (tertiary/aromatic N) is 4. The van der Waals surface area contributed by atoms with Gasteiger partial charge in [0.1, 0.15) is 11.6 Å². The van der Waals surface area contributed by atoms with Crippen molar-refractivity contribution in [1.82, 2.24) is 19.2 Å². The number of hydrogen-bond acceptors (Lipinski definition) is 4. The van der Waals surface area contributed by atoms with Crippen molar-refractivity contribution in [3.8, 4) is 0 Å². The zero-order valence-corrected chi connectivity index (χ0v) is 14.4. The lowest BCUT2D eigenvalue weighted by Crippen LogP contribution is -2.25. The Morgan fingerprint density at radius 1 is 1.19 bits per heavy atom. The number of hydrogen-bond donors (Lipinski definition) is 0. The van der Waals surface area contributed by atoms with Gasteiger partial charge in [0.15, 0.2) is 11.3 Å². The van der Waals surface area contributed by atoms with E-state index in [1.54, 1.807) is 42.0 Å². The second-order valence-electron chi connectivity index (χ2n) is 6.41. The van der Waals surface area contributed by atoms with Gasteiger partial charge in [-0.05, 0) is 36.6 Å². The number of fused-ring (bicyclic) bond motifs is 1. The molecule has 3 heterocycles. The fraction of sp³-hybridized carbons (Fsp3) is 0.316. The number of aromatic nitrogens is 4. The Morgan fingerprint density at radius 2 is 1.92 bits per heavy atom. The molecule has 0 atom stereocenters. The third-order valence-electron chi connectivity index (χ3n) is 4.72. The van der Waals surface area contributed by atoms with Crippen molar-refractivity contribution in [2.75, 3.05) is 13.2 Å². The summed E-state index contributed by atoms with van der Waals surface area (Å²) in [5.41, 5.74) is 1.15. The van der Waals surface area contributed by atoms with Gasteiger partial charge in [0.25, 0.3) is 5.56 Å². The van der Waals surface area contributed by atoms with Gasteiger partial charge in [-0.2, -0.15) is 0 Å². The SMILES string of the molecule is Cn1c(C=Cc2ccc(F)cc2)nn2c(C3CCOCC3)ncc2c1=O. The van der Waals surface area contributed by atoms with Crippen LogP contribution < -0.4 is 5.56 Å². The van der Waals surface area contributed by atoms with E-state index < -0.39 is 0 Å². The monoisotopic (exact) mass is 354 g/mol. The minimum absolute atomic E-state index is 0.149. The molecule has 0 radical (unpaired) electrons. The molecule has 2 aromatic heterocycles. The van der Waals surface area contributed by atoms with E-state index in [4.69, 9.17) is 4.74 Å². The lowest BCUT2D eigenvalue weighted by molar-refractivity contribution is 0.0832. The Bertz CT molecular complexity index is 1010. The Morgan fingerprint density at radius 3 is 2.65 bits per heavy atom. The van der Waals surface area contributed by atoms with Crippen LogP contribution in [0.15, 0.2) is 35.3 Å². The predicted molar refractivity (Wildman–Crippen MR) is 96.4 cm³/mol. The smallest absolute Gasteiger partial charge is 0.279 e. The summed E-state index contributed by atoms with van der Waals surface area (Å²) < 4.78 is 21.6. The van der Waals surface area contributed by atoms with Crippen LogP contribution in [0.4, 0.5) is 4.39 Å². The minimum atomic E-state index is -0.284. The summed E-state index contributed by atoms with van der Waals surface area (Å²) in [6.07, 6.45) is 6.89. The molecule has 0 saturated carbocycles. The van der Waals surface area contributed by atoms with E-state index >= 15 is 0 Å². The van der Waals surface area contributed by atoms with Crippen molar-refractivity contribution in [2.45, 2.75) is 18.8 Å². The molecule has 0 N–H and O–H groups in total. The van der Waals surface area contributed by atoms with Crippen LogP contribution in [0, 0.1) is 5.82 Å². The van der Waals surface area contributed by atoms with Gasteiger partial charge in [-0.15, -0.1) is 5.10 Å². The molecule has 0 amide bonds. The number of imidazole rings is 1. The largest absolute Gasteiger partial charge is 0.381 e. The van der Waals surface area contributed by atoms with Gasteiger partial charge in [0, 0.05) is 26.2 Å². The Kier molecular flexibility index (Phi) is 4.38. The maximum Gasteiger partial charge on any atom is 0.279 e. The van der Waals surface area contributed by atoms with E-state index in [0.717, 1.165) is 24.2 Å². The maximum atomic E-state index is 13.0. The van der Waals surface area contributed by atoms with Crippen LogP contribution in [0.2, 0.25) is 0 Å². The summed E-state index contributed by atoms with van der Waals surface area (Å²) >= 11 is 0. The van der Waals surface area contributed by atoms with E-state index in [2.05, 4.69) is 10.1 Å². The third kappa shape index (κ3) is 3.06. The zero-order chi connectivity index (χ0) is 18.1. The molecule has 7 heteroatoms. The molecule has 134 valence electrons. The second kappa shape index (κ2) is 6.84. The summed E-state index contributed by atoms with van der Waals surface area (Å²) in [5.74, 6) is 1.27. The number of benzene rings is 1. The molecule has 6 nitrogen and oxygen atoms in total. The van der Waals surface area contributed by atoms with Crippen LogP contribution in [0.3, 0.4) is 0 Å². The number of ether oxygens (including phenoxy) is 1. The molecule has 1 aliphatic heterocycles. The van der Waals surface area contributed by atoms with Gasteiger partial charge in [-0.3, -0.25) is 9.36 Å². The summed E-state index contributed by atoms with van der Waals surface area (Å²) in [6, 6.07) is 6.14. The van der Waals surface area contributed by atoms with Gasteiger partial charge in [-0.25, -0.2) is 13.9 Å². The molecular weight excluding hydrogens is 335 g/mol. The quantitative estimate of drug-likeness (QED) is 0.725. The molecule has 1 aliphatic rings. The lowest BCUT2D eigenvalue weighted by Gasteiger charge is -2.20. The first-order valence-electron chi connectivity index (χ1n) is 8.59. The van der Waals surface area contributed by atoms with E-state index in [9.17, 15) is 9.18 Å². The zero-order valence-electron chi connectivity index (χ0n) is 14.4.